The van der Waals surface area contributed by atoms with Crippen molar-refractivity contribution in [3.05, 3.63) is 12.2 Å². The van der Waals surface area contributed by atoms with Crippen LogP contribution in [0.3, 0.4) is 0 Å². The molecular weight excluding hydrogens is 178 g/mol. The van der Waals surface area contributed by atoms with E-state index in [1.54, 1.807) is 11.0 Å². The molecule has 0 saturated heterocycles. The number of amidine groups is 1. The van der Waals surface area contributed by atoms with Crippen LogP contribution in [0.2, 0.25) is 0 Å². The van der Waals surface area contributed by atoms with Gasteiger partial charge in [0.15, 0.2) is 0 Å². The monoisotopic (exact) mass is 193 g/mol. The first-order valence-corrected chi connectivity index (χ1v) is 4.96. The summed E-state index contributed by atoms with van der Waals surface area (Å²) in [5.41, 5.74) is 0. The van der Waals surface area contributed by atoms with Crippen LogP contribution in [0.5, 0.6) is 0 Å². The van der Waals surface area contributed by atoms with E-state index in [0.29, 0.717) is 0 Å². The highest BCUT2D eigenvalue weighted by molar-refractivity contribution is 5.82. The highest BCUT2D eigenvalue weighted by Gasteiger charge is 2.05. The van der Waals surface area contributed by atoms with E-state index in [9.17, 15) is 0 Å². The molecule has 1 aliphatic heterocycles. The molecule has 5 heteroatoms. The zero-order valence-corrected chi connectivity index (χ0v) is 8.40. The van der Waals surface area contributed by atoms with Crippen molar-refractivity contribution in [1.29, 1.82) is 0 Å². The molecule has 2 heterocycles. The predicted octanol–water partition coefficient (Wildman–Crippen LogP) is 0.487. The van der Waals surface area contributed by atoms with Gasteiger partial charge in [0, 0.05) is 20.0 Å². The van der Waals surface area contributed by atoms with Gasteiger partial charge in [0.1, 0.15) is 12.2 Å². The lowest BCUT2D eigenvalue weighted by molar-refractivity contribution is 0.660. The molecule has 1 aliphatic rings. The third-order valence-corrected chi connectivity index (χ3v) is 2.38. The number of rotatable bonds is 2. The van der Waals surface area contributed by atoms with Crippen LogP contribution in [0.25, 0.3) is 0 Å². The summed E-state index contributed by atoms with van der Waals surface area (Å²) in [5.74, 6) is 2.05. The van der Waals surface area contributed by atoms with E-state index in [-0.39, 0.29) is 0 Å². The van der Waals surface area contributed by atoms with Crippen LogP contribution < -0.4 is 5.32 Å². The number of nitrogens with zero attached hydrogens (tertiary/aromatic N) is 4. The van der Waals surface area contributed by atoms with Crippen LogP contribution in [-0.2, 0) is 13.6 Å². The van der Waals surface area contributed by atoms with Crippen LogP contribution >= 0.6 is 0 Å². The molecule has 2 rings (SSSR count). The number of hydrogen-bond acceptors (Lipinski definition) is 4. The van der Waals surface area contributed by atoms with Gasteiger partial charge in [-0.15, -0.1) is 0 Å². The maximum atomic E-state index is 4.41. The smallest absolute Gasteiger partial charge is 0.145 e. The zero-order chi connectivity index (χ0) is 9.80. The molecule has 0 bridgehead atoms. The molecule has 14 heavy (non-hydrogen) atoms. The topological polar surface area (TPSA) is 55.1 Å². The molecule has 5 nitrogen and oxygen atoms in total. The first-order valence-electron chi connectivity index (χ1n) is 4.96. The summed E-state index contributed by atoms with van der Waals surface area (Å²) >= 11 is 0. The Morgan fingerprint density at radius 2 is 2.43 bits per heavy atom. The maximum Gasteiger partial charge on any atom is 0.145 e. The fourth-order valence-corrected chi connectivity index (χ4v) is 1.50. The number of hydrogen-bond donors (Lipinski definition) is 1. The summed E-state index contributed by atoms with van der Waals surface area (Å²) in [6, 6.07) is 0. The molecule has 0 atom stereocenters. The number of nitrogens with one attached hydrogen (secondary N) is 1. The molecule has 0 saturated carbocycles. The molecule has 0 aromatic carbocycles. The first-order chi connectivity index (χ1) is 6.86. The van der Waals surface area contributed by atoms with E-state index in [2.05, 4.69) is 20.4 Å². The van der Waals surface area contributed by atoms with E-state index in [0.717, 1.165) is 31.2 Å². The maximum absolute atomic E-state index is 4.41. The summed E-state index contributed by atoms with van der Waals surface area (Å²) in [7, 11) is 1.90. The minimum absolute atomic E-state index is 0.718. The lowest BCUT2D eigenvalue weighted by Crippen LogP contribution is -2.26. The molecule has 0 aliphatic carbocycles. The van der Waals surface area contributed by atoms with Gasteiger partial charge in [-0.25, -0.2) is 4.98 Å². The summed E-state index contributed by atoms with van der Waals surface area (Å²) in [5, 5.41) is 7.30. The minimum Gasteiger partial charge on any atom is -0.367 e. The summed E-state index contributed by atoms with van der Waals surface area (Å²) < 4.78 is 1.77. The van der Waals surface area contributed by atoms with Gasteiger partial charge in [-0.1, -0.05) is 0 Å². The summed E-state index contributed by atoms with van der Waals surface area (Å²) in [4.78, 5) is 8.54. The number of aromatic nitrogens is 3. The van der Waals surface area contributed by atoms with Gasteiger partial charge in [-0.05, 0) is 12.8 Å². The first kappa shape index (κ1) is 9.18. The Morgan fingerprint density at radius 3 is 3.07 bits per heavy atom. The average Bonchev–Trinajstić information content (AvgIpc) is 2.63. The van der Waals surface area contributed by atoms with Gasteiger partial charge < -0.3 is 5.32 Å². The van der Waals surface area contributed by atoms with Gasteiger partial charge in [-0.3, -0.25) is 9.67 Å². The van der Waals surface area contributed by atoms with Crippen molar-refractivity contribution in [2.75, 3.05) is 6.54 Å². The largest absolute Gasteiger partial charge is 0.367 e. The number of aryl methyl sites for hydroxylation is 1. The Morgan fingerprint density at radius 1 is 1.50 bits per heavy atom. The molecule has 1 N–H and O–H groups in total. The second-order valence-corrected chi connectivity index (χ2v) is 3.44. The Bertz CT molecular complexity index is 328. The van der Waals surface area contributed by atoms with Gasteiger partial charge in [0.05, 0.1) is 12.4 Å². The molecule has 0 radical (unpaired) electrons. The van der Waals surface area contributed by atoms with Crippen molar-refractivity contribution in [2.24, 2.45) is 12.0 Å². The van der Waals surface area contributed by atoms with Crippen molar-refractivity contribution in [1.82, 2.24) is 20.1 Å². The molecule has 0 unspecified atom stereocenters. The van der Waals surface area contributed by atoms with Crippen LogP contribution in [0, 0.1) is 0 Å². The van der Waals surface area contributed by atoms with E-state index in [4.69, 9.17) is 0 Å². The quantitative estimate of drug-likeness (QED) is 0.743. The molecular formula is C9H15N5. The molecule has 1 aromatic rings. The molecule has 0 fully saturated rings. The van der Waals surface area contributed by atoms with Gasteiger partial charge in [-0.2, -0.15) is 5.10 Å². The molecule has 76 valence electrons. The van der Waals surface area contributed by atoms with E-state index < -0.39 is 0 Å². The van der Waals surface area contributed by atoms with Crippen molar-refractivity contribution >= 4 is 5.84 Å². The van der Waals surface area contributed by atoms with Crippen molar-refractivity contribution < 1.29 is 0 Å². The fourth-order valence-electron chi connectivity index (χ4n) is 1.50. The van der Waals surface area contributed by atoms with Crippen molar-refractivity contribution in [3.63, 3.8) is 0 Å². The Hall–Kier alpha value is -1.39. The summed E-state index contributed by atoms with van der Waals surface area (Å²) in [6.45, 7) is 1.68. The van der Waals surface area contributed by atoms with Gasteiger partial charge >= 0.3 is 0 Å². The van der Waals surface area contributed by atoms with Crippen molar-refractivity contribution in [3.8, 4) is 0 Å². The molecule has 1 aromatic heterocycles. The Kier molecular flexibility index (Phi) is 2.76. The second kappa shape index (κ2) is 4.21. The van der Waals surface area contributed by atoms with Crippen LogP contribution in [0.15, 0.2) is 11.3 Å². The van der Waals surface area contributed by atoms with Gasteiger partial charge in [0.2, 0.25) is 0 Å². The Labute approximate surface area is 83.3 Å². The van der Waals surface area contributed by atoms with Crippen LogP contribution in [0.4, 0.5) is 0 Å². The third-order valence-electron chi connectivity index (χ3n) is 2.38. The van der Waals surface area contributed by atoms with E-state index in [1.165, 1.54) is 12.8 Å². The lowest BCUT2D eigenvalue weighted by atomic mass is 10.2. The standard InChI is InChI=1S/C9H15N5/c1-14-9(12-7-13-14)6-11-8-4-2-3-5-10-8/h7H,2-6H2,1H3,(H,10,11). The minimum atomic E-state index is 0.718. The lowest BCUT2D eigenvalue weighted by Gasteiger charge is -2.13. The van der Waals surface area contributed by atoms with E-state index >= 15 is 0 Å². The highest BCUT2D eigenvalue weighted by Crippen LogP contribution is 2.04. The number of aliphatic imine (C=N–C) groups is 1. The SMILES string of the molecule is Cn1ncnc1CNC1=NCCCC1. The zero-order valence-electron chi connectivity index (χ0n) is 8.40. The van der Waals surface area contributed by atoms with Crippen LogP contribution in [0.1, 0.15) is 25.1 Å². The molecule has 0 spiro atoms. The fraction of sp³-hybridized carbons (Fsp3) is 0.667. The second-order valence-electron chi connectivity index (χ2n) is 3.44. The normalized spacial score (nSPS) is 16.5. The van der Waals surface area contributed by atoms with Crippen molar-refractivity contribution in [2.45, 2.75) is 25.8 Å². The average molecular weight is 193 g/mol. The summed E-state index contributed by atoms with van der Waals surface area (Å²) in [6.07, 6.45) is 5.09. The molecule has 0 amide bonds. The predicted molar refractivity (Wildman–Crippen MR) is 54.0 cm³/mol. The van der Waals surface area contributed by atoms with Gasteiger partial charge in [0.25, 0.3) is 0 Å². The van der Waals surface area contributed by atoms with Crippen LogP contribution in [-0.4, -0.2) is 27.1 Å². The van der Waals surface area contributed by atoms with E-state index in [1.807, 2.05) is 7.05 Å². The highest BCUT2D eigenvalue weighted by atomic mass is 15.3. The Balaban J connectivity index is 1.88. The third kappa shape index (κ3) is 2.10.